The summed E-state index contributed by atoms with van der Waals surface area (Å²) in [6.45, 7) is 1.65. The van der Waals surface area contributed by atoms with E-state index in [1.807, 2.05) is 0 Å². The number of urea groups is 1. The summed E-state index contributed by atoms with van der Waals surface area (Å²) >= 11 is 0. The van der Waals surface area contributed by atoms with Crippen LogP contribution in [0.5, 0.6) is 0 Å². The average Bonchev–Trinajstić information content (AvgIpc) is 3.29. The minimum Gasteiger partial charge on any atom is -0.472 e. The molecule has 0 spiro atoms. The van der Waals surface area contributed by atoms with Crippen molar-refractivity contribution in [3.63, 3.8) is 0 Å². The summed E-state index contributed by atoms with van der Waals surface area (Å²) in [6, 6.07) is 8.24. The highest BCUT2D eigenvalue weighted by Gasteiger charge is 2.43. The van der Waals surface area contributed by atoms with Gasteiger partial charge in [0, 0.05) is 5.56 Å². The van der Waals surface area contributed by atoms with Crippen LogP contribution in [0.3, 0.4) is 0 Å². The number of hydrogen-bond donors (Lipinski definition) is 2. The van der Waals surface area contributed by atoms with Gasteiger partial charge < -0.3 is 14.3 Å². The van der Waals surface area contributed by atoms with Crippen LogP contribution < -0.4 is 10.6 Å². The first-order valence-corrected chi connectivity index (χ1v) is 7.17. The van der Waals surface area contributed by atoms with Crippen LogP contribution in [0.25, 0.3) is 22.8 Å². The number of hydrogen-bond acceptors (Lipinski definition) is 6. The zero-order valence-electron chi connectivity index (χ0n) is 12.6. The maximum atomic E-state index is 12.0. The molecule has 0 bridgehead atoms. The molecule has 1 unspecified atom stereocenters. The van der Waals surface area contributed by atoms with Crippen LogP contribution in [0.4, 0.5) is 4.79 Å². The van der Waals surface area contributed by atoms with E-state index in [1.54, 1.807) is 37.3 Å². The number of aromatic nitrogens is 2. The molecule has 1 atom stereocenters. The van der Waals surface area contributed by atoms with Gasteiger partial charge in [0.15, 0.2) is 0 Å². The lowest BCUT2D eigenvalue weighted by Crippen LogP contribution is -2.40. The van der Waals surface area contributed by atoms with Crippen LogP contribution in [-0.2, 0) is 10.3 Å². The Bertz CT molecular complexity index is 914. The van der Waals surface area contributed by atoms with Crippen molar-refractivity contribution >= 4 is 11.9 Å². The summed E-state index contributed by atoms with van der Waals surface area (Å²) in [4.78, 5) is 27.6. The average molecular weight is 324 g/mol. The van der Waals surface area contributed by atoms with Gasteiger partial charge in [-0.25, -0.2) is 4.79 Å². The Balaban J connectivity index is 1.63. The minimum absolute atomic E-state index is 0.359. The second-order valence-corrected chi connectivity index (χ2v) is 5.55. The zero-order chi connectivity index (χ0) is 16.7. The summed E-state index contributed by atoms with van der Waals surface area (Å²) < 4.78 is 10.2. The Morgan fingerprint density at radius 2 is 1.88 bits per heavy atom. The number of carbonyl (C=O) groups is 2. The van der Waals surface area contributed by atoms with E-state index in [1.165, 1.54) is 12.5 Å². The van der Waals surface area contributed by atoms with Gasteiger partial charge in [0.05, 0.1) is 11.8 Å². The van der Waals surface area contributed by atoms with E-state index in [2.05, 4.69) is 20.8 Å². The Morgan fingerprint density at radius 1 is 1.08 bits per heavy atom. The predicted octanol–water partition coefficient (Wildman–Crippen LogP) is 2.05. The highest BCUT2D eigenvalue weighted by Crippen LogP contribution is 2.27. The summed E-state index contributed by atoms with van der Waals surface area (Å²) in [7, 11) is 0. The van der Waals surface area contributed by atoms with Crippen molar-refractivity contribution in [3.8, 4) is 22.8 Å². The third kappa shape index (κ3) is 2.16. The standard InChI is InChI=1S/C16H12N4O4/c1-16(14(21)18-15(22)19-16)11-4-2-9(3-5-11)12-17-13(24-20-12)10-6-7-23-8-10/h2-8H,1H3,(H2,18,19,21,22). The summed E-state index contributed by atoms with van der Waals surface area (Å²) in [5.41, 5.74) is 0.997. The maximum Gasteiger partial charge on any atom is 0.322 e. The number of imide groups is 1. The van der Waals surface area contributed by atoms with Crippen molar-refractivity contribution in [2.45, 2.75) is 12.5 Å². The first kappa shape index (κ1) is 14.2. The fourth-order valence-corrected chi connectivity index (χ4v) is 2.54. The summed E-state index contributed by atoms with van der Waals surface area (Å²) in [5.74, 6) is 0.391. The van der Waals surface area contributed by atoms with Gasteiger partial charge in [-0.3, -0.25) is 10.1 Å². The highest BCUT2D eigenvalue weighted by atomic mass is 16.5. The van der Waals surface area contributed by atoms with E-state index in [-0.39, 0.29) is 5.91 Å². The predicted molar refractivity (Wildman–Crippen MR) is 81.5 cm³/mol. The Labute approximate surface area is 135 Å². The molecule has 0 radical (unpaired) electrons. The van der Waals surface area contributed by atoms with Crippen LogP contribution in [0.2, 0.25) is 0 Å². The minimum atomic E-state index is -1.09. The molecule has 2 aromatic heterocycles. The number of furan rings is 1. The molecule has 0 aliphatic carbocycles. The molecule has 8 nitrogen and oxygen atoms in total. The topological polar surface area (TPSA) is 110 Å². The second-order valence-electron chi connectivity index (χ2n) is 5.55. The quantitative estimate of drug-likeness (QED) is 0.713. The Morgan fingerprint density at radius 3 is 2.50 bits per heavy atom. The number of nitrogens with zero attached hydrogens (tertiary/aromatic N) is 2. The van der Waals surface area contributed by atoms with E-state index in [9.17, 15) is 9.59 Å². The molecular formula is C16H12N4O4. The van der Waals surface area contributed by atoms with Crippen LogP contribution in [0.1, 0.15) is 12.5 Å². The lowest BCUT2D eigenvalue weighted by Gasteiger charge is -2.20. The molecule has 1 aliphatic rings. The van der Waals surface area contributed by atoms with E-state index in [0.29, 0.717) is 22.8 Å². The van der Waals surface area contributed by atoms with Gasteiger partial charge in [0.2, 0.25) is 5.82 Å². The van der Waals surface area contributed by atoms with Crippen LogP contribution in [0, 0.1) is 0 Å². The molecule has 1 fully saturated rings. The van der Waals surface area contributed by atoms with Crippen LogP contribution in [-0.4, -0.2) is 22.1 Å². The largest absolute Gasteiger partial charge is 0.472 e. The molecule has 3 aromatic rings. The van der Waals surface area contributed by atoms with Gasteiger partial charge in [-0.15, -0.1) is 0 Å². The van der Waals surface area contributed by atoms with Gasteiger partial charge >= 0.3 is 6.03 Å². The normalized spacial score (nSPS) is 20.0. The number of benzene rings is 1. The van der Waals surface area contributed by atoms with E-state index in [0.717, 1.165) is 5.56 Å². The molecule has 24 heavy (non-hydrogen) atoms. The number of carbonyl (C=O) groups excluding carboxylic acids is 2. The molecule has 1 aromatic carbocycles. The second kappa shape index (κ2) is 5.05. The maximum absolute atomic E-state index is 12.0. The number of rotatable bonds is 3. The molecule has 3 heterocycles. The molecule has 3 amide bonds. The van der Waals surface area contributed by atoms with Gasteiger partial charge in [-0.05, 0) is 18.6 Å². The van der Waals surface area contributed by atoms with Gasteiger partial charge in [-0.1, -0.05) is 29.4 Å². The van der Waals surface area contributed by atoms with Crippen LogP contribution >= 0.6 is 0 Å². The molecule has 8 heteroatoms. The molecule has 120 valence electrons. The summed E-state index contributed by atoms with van der Waals surface area (Å²) in [6.07, 6.45) is 3.04. The fraction of sp³-hybridized carbons (Fsp3) is 0.125. The highest BCUT2D eigenvalue weighted by molar-refractivity contribution is 6.07. The Kier molecular flexibility index (Phi) is 2.99. The first-order chi connectivity index (χ1) is 11.6. The van der Waals surface area contributed by atoms with Crippen molar-refractivity contribution < 1.29 is 18.5 Å². The summed E-state index contributed by atoms with van der Waals surface area (Å²) in [5, 5.41) is 8.79. The van der Waals surface area contributed by atoms with Crippen molar-refractivity contribution in [1.82, 2.24) is 20.8 Å². The van der Waals surface area contributed by atoms with Crippen LogP contribution in [0.15, 0.2) is 51.8 Å². The lowest BCUT2D eigenvalue weighted by atomic mass is 9.91. The molecule has 1 saturated heterocycles. The molecule has 2 N–H and O–H groups in total. The van der Waals surface area contributed by atoms with Gasteiger partial charge in [0.25, 0.3) is 11.8 Å². The monoisotopic (exact) mass is 324 g/mol. The third-order valence-electron chi connectivity index (χ3n) is 3.96. The van der Waals surface area contributed by atoms with Crippen molar-refractivity contribution in [1.29, 1.82) is 0 Å². The van der Waals surface area contributed by atoms with Crippen molar-refractivity contribution in [3.05, 3.63) is 48.4 Å². The van der Waals surface area contributed by atoms with E-state index < -0.39 is 11.6 Å². The van der Waals surface area contributed by atoms with Gasteiger partial charge in [0.1, 0.15) is 11.8 Å². The SMILES string of the molecule is CC1(c2ccc(-c3noc(-c4ccoc4)n3)cc2)NC(=O)NC1=O. The Hall–Kier alpha value is -3.42. The molecule has 1 aliphatic heterocycles. The number of amides is 3. The first-order valence-electron chi connectivity index (χ1n) is 7.17. The van der Waals surface area contributed by atoms with E-state index >= 15 is 0 Å². The smallest absolute Gasteiger partial charge is 0.322 e. The molecular weight excluding hydrogens is 312 g/mol. The van der Waals surface area contributed by atoms with E-state index in [4.69, 9.17) is 8.94 Å². The van der Waals surface area contributed by atoms with Gasteiger partial charge in [-0.2, -0.15) is 4.98 Å². The fourth-order valence-electron chi connectivity index (χ4n) is 2.54. The molecule has 0 saturated carbocycles. The molecule has 4 rings (SSSR count). The zero-order valence-corrected chi connectivity index (χ0v) is 12.6. The van der Waals surface area contributed by atoms with Crippen molar-refractivity contribution in [2.75, 3.05) is 0 Å². The third-order valence-corrected chi connectivity index (χ3v) is 3.96. The lowest BCUT2D eigenvalue weighted by molar-refractivity contribution is -0.123. The van der Waals surface area contributed by atoms with Crippen molar-refractivity contribution in [2.24, 2.45) is 0 Å². The number of nitrogens with one attached hydrogen (secondary N) is 2.